The van der Waals surface area contributed by atoms with Crippen LogP contribution in [-0.2, 0) is 11.3 Å². The maximum Gasteiger partial charge on any atom is 0.244 e. The van der Waals surface area contributed by atoms with Gasteiger partial charge in [0.05, 0.1) is 0 Å². The Morgan fingerprint density at radius 3 is 2.26 bits per heavy atom. The summed E-state index contributed by atoms with van der Waals surface area (Å²) in [5.74, 6) is 0.0263. The molecule has 2 aromatic carbocycles. The van der Waals surface area contributed by atoms with Gasteiger partial charge in [-0.15, -0.1) is 0 Å². The Hall–Kier alpha value is -2.39. The highest BCUT2D eigenvalue weighted by Crippen LogP contribution is 2.35. The first kappa shape index (κ1) is 18.0. The van der Waals surface area contributed by atoms with E-state index in [9.17, 15) is 4.79 Å². The molecule has 140 valence electrons. The number of nitrogens with one attached hydrogen (secondary N) is 1. The third-order valence-corrected chi connectivity index (χ3v) is 5.91. The Morgan fingerprint density at radius 2 is 1.59 bits per heavy atom. The Balaban J connectivity index is 1.35. The topological polar surface area (TPSA) is 32.3 Å². The molecule has 2 saturated heterocycles. The average Bonchev–Trinajstić information content (AvgIpc) is 2.69. The van der Waals surface area contributed by atoms with Crippen LogP contribution in [0.15, 0.2) is 66.7 Å². The SMILES string of the molecule is O=C(/C=C/c1ccccc1)NC1C[C@H]2CCC[C@@H](C1)N2Cc1ccccc1. The number of hydrogen-bond donors (Lipinski definition) is 1. The molecule has 1 N–H and O–H groups in total. The fourth-order valence-corrected chi connectivity index (χ4v) is 4.63. The molecular weight excluding hydrogens is 332 g/mol. The molecule has 1 amide bonds. The Morgan fingerprint density at radius 1 is 0.963 bits per heavy atom. The Labute approximate surface area is 162 Å². The maximum absolute atomic E-state index is 12.4. The molecular formula is C24H28N2O. The second-order valence-corrected chi connectivity index (χ2v) is 7.82. The zero-order valence-electron chi connectivity index (χ0n) is 15.8. The molecule has 2 bridgehead atoms. The monoisotopic (exact) mass is 360 g/mol. The van der Waals surface area contributed by atoms with E-state index in [0.29, 0.717) is 18.1 Å². The average molecular weight is 361 g/mol. The van der Waals surface area contributed by atoms with E-state index in [2.05, 4.69) is 40.5 Å². The number of carbonyl (C=O) groups is 1. The van der Waals surface area contributed by atoms with Gasteiger partial charge in [-0.25, -0.2) is 0 Å². The molecule has 3 atom stereocenters. The van der Waals surface area contributed by atoms with Crippen LogP contribution < -0.4 is 5.32 Å². The second-order valence-electron chi connectivity index (χ2n) is 7.82. The van der Waals surface area contributed by atoms with Crippen LogP contribution in [0.4, 0.5) is 0 Å². The molecule has 3 nitrogen and oxygen atoms in total. The van der Waals surface area contributed by atoms with Crippen LogP contribution in [-0.4, -0.2) is 28.9 Å². The zero-order valence-corrected chi connectivity index (χ0v) is 15.8. The second kappa shape index (κ2) is 8.53. The first-order valence-electron chi connectivity index (χ1n) is 10.1. The van der Waals surface area contributed by atoms with Gasteiger partial charge < -0.3 is 5.32 Å². The largest absolute Gasteiger partial charge is 0.350 e. The summed E-state index contributed by atoms with van der Waals surface area (Å²) in [4.78, 5) is 15.0. The van der Waals surface area contributed by atoms with Crippen molar-refractivity contribution in [1.29, 1.82) is 0 Å². The lowest BCUT2D eigenvalue weighted by atomic mass is 9.81. The van der Waals surface area contributed by atoms with Crippen molar-refractivity contribution >= 4 is 12.0 Å². The predicted octanol–water partition coefficient (Wildman–Crippen LogP) is 4.40. The summed E-state index contributed by atoms with van der Waals surface area (Å²) in [6, 6.07) is 22.2. The number of nitrogens with zero attached hydrogens (tertiary/aromatic N) is 1. The summed E-state index contributed by atoms with van der Waals surface area (Å²) in [5, 5.41) is 3.25. The summed E-state index contributed by atoms with van der Waals surface area (Å²) >= 11 is 0. The van der Waals surface area contributed by atoms with Crippen LogP contribution in [0.2, 0.25) is 0 Å². The van der Waals surface area contributed by atoms with Crippen molar-refractivity contribution in [2.24, 2.45) is 0 Å². The van der Waals surface area contributed by atoms with Crippen molar-refractivity contribution in [3.05, 3.63) is 77.9 Å². The van der Waals surface area contributed by atoms with E-state index in [1.165, 1.54) is 24.8 Å². The summed E-state index contributed by atoms with van der Waals surface area (Å²) in [7, 11) is 0. The van der Waals surface area contributed by atoms with E-state index >= 15 is 0 Å². The predicted molar refractivity (Wildman–Crippen MR) is 110 cm³/mol. The van der Waals surface area contributed by atoms with Gasteiger partial charge in [-0.2, -0.15) is 0 Å². The highest BCUT2D eigenvalue weighted by atomic mass is 16.1. The van der Waals surface area contributed by atoms with Crippen molar-refractivity contribution in [1.82, 2.24) is 10.2 Å². The number of hydrogen-bond acceptors (Lipinski definition) is 2. The highest BCUT2D eigenvalue weighted by Gasteiger charge is 2.38. The van der Waals surface area contributed by atoms with E-state index in [-0.39, 0.29) is 5.91 Å². The summed E-state index contributed by atoms with van der Waals surface area (Å²) < 4.78 is 0. The van der Waals surface area contributed by atoms with Crippen LogP contribution in [0.1, 0.15) is 43.2 Å². The summed E-state index contributed by atoms with van der Waals surface area (Å²) in [6.45, 7) is 1.03. The molecule has 27 heavy (non-hydrogen) atoms. The number of rotatable bonds is 5. The van der Waals surface area contributed by atoms with Crippen molar-refractivity contribution in [3.63, 3.8) is 0 Å². The number of fused-ring (bicyclic) bond motifs is 2. The van der Waals surface area contributed by atoms with Gasteiger partial charge in [0, 0.05) is 30.7 Å². The molecule has 0 aliphatic carbocycles. The minimum atomic E-state index is 0.0263. The third kappa shape index (κ3) is 4.67. The van der Waals surface area contributed by atoms with E-state index < -0.39 is 0 Å². The Kier molecular flexibility index (Phi) is 5.69. The third-order valence-electron chi connectivity index (χ3n) is 5.91. The number of amides is 1. The smallest absolute Gasteiger partial charge is 0.244 e. The Bertz CT molecular complexity index is 757. The molecule has 2 fully saturated rings. The lowest BCUT2D eigenvalue weighted by Gasteiger charge is -2.49. The number of benzene rings is 2. The normalized spacial score (nSPS) is 25.4. The van der Waals surface area contributed by atoms with Crippen LogP contribution in [0.3, 0.4) is 0 Å². The quantitative estimate of drug-likeness (QED) is 0.802. The standard InChI is InChI=1S/C24H28N2O/c27-24(15-14-19-8-3-1-4-9-19)25-21-16-22-12-7-13-23(17-21)26(22)18-20-10-5-2-6-11-20/h1-6,8-11,14-15,21-23H,7,12-13,16-18H2,(H,25,27)/b15-14+/t21?,22-,23+. The van der Waals surface area contributed by atoms with Gasteiger partial charge in [0.2, 0.25) is 5.91 Å². The first-order valence-corrected chi connectivity index (χ1v) is 10.1. The van der Waals surface area contributed by atoms with Crippen LogP contribution in [0.5, 0.6) is 0 Å². The summed E-state index contributed by atoms with van der Waals surface area (Å²) in [5.41, 5.74) is 2.45. The molecule has 4 rings (SSSR count). The molecule has 2 aromatic rings. The van der Waals surface area contributed by atoms with E-state index in [1.807, 2.05) is 36.4 Å². The van der Waals surface area contributed by atoms with Crippen LogP contribution >= 0.6 is 0 Å². The minimum Gasteiger partial charge on any atom is -0.350 e. The fraction of sp³-hybridized carbons (Fsp3) is 0.375. The van der Waals surface area contributed by atoms with Crippen molar-refractivity contribution < 1.29 is 4.79 Å². The van der Waals surface area contributed by atoms with Gasteiger partial charge in [-0.3, -0.25) is 9.69 Å². The van der Waals surface area contributed by atoms with Gasteiger partial charge >= 0.3 is 0 Å². The van der Waals surface area contributed by atoms with Crippen molar-refractivity contribution in [3.8, 4) is 0 Å². The molecule has 2 heterocycles. The van der Waals surface area contributed by atoms with E-state index in [0.717, 1.165) is 24.9 Å². The maximum atomic E-state index is 12.4. The minimum absolute atomic E-state index is 0.0263. The lowest BCUT2D eigenvalue weighted by Crippen LogP contribution is -2.56. The molecule has 0 saturated carbocycles. The van der Waals surface area contributed by atoms with Gasteiger partial charge in [0.25, 0.3) is 0 Å². The summed E-state index contributed by atoms with van der Waals surface area (Å²) in [6.07, 6.45) is 9.49. The van der Waals surface area contributed by atoms with Gasteiger partial charge in [-0.1, -0.05) is 67.1 Å². The molecule has 0 aromatic heterocycles. The van der Waals surface area contributed by atoms with Gasteiger partial charge in [0.1, 0.15) is 0 Å². The molecule has 2 aliphatic rings. The lowest BCUT2D eigenvalue weighted by molar-refractivity contribution is -0.118. The first-order chi connectivity index (χ1) is 13.3. The van der Waals surface area contributed by atoms with E-state index in [4.69, 9.17) is 0 Å². The van der Waals surface area contributed by atoms with Crippen molar-refractivity contribution in [2.75, 3.05) is 0 Å². The van der Waals surface area contributed by atoms with Crippen LogP contribution in [0.25, 0.3) is 6.08 Å². The van der Waals surface area contributed by atoms with E-state index in [1.54, 1.807) is 6.08 Å². The number of carbonyl (C=O) groups excluding carboxylic acids is 1. The molecule has 2 aliphatic heterocycles. The van der Waals surface area contributed by atoms with Crippen molar-refractivity contribution in [2.45, 2.75) is 56.8 Å². The molecule has 1 unspecified atom stereocenters. The fourth-order valence-electron chi connectivity index (χ4n) is 4.63. The highest BCUT2D eigenvalue weighted by molar-refractivity contribution is 5.91. The molecule has 3 heteroatoms. The van der Waals surface area contributed by atoms with Crippen LogP contribution in [0, 0.1) is 0 Å². The zero-order chi connectivity index (χ0) is 18.5. The van der Waals surface area contributed by atoms with Gasteiger partial charge in [-0.05, 0) is 42.9 Å². The molecule has 0 spiro atoms. The van der Waals surface area contributed by atoms with Gasteiger partial charge in [0.15, 0.2) is 0 Å². The number of piperidine rings is 2. The molecule has 0 radical (unpaired) electrons.